The molecular formula is C13H14Cl2N2O. The van der Waals surface area contributed by atoms with E-state index in [0.717, 1.165) is 11.3 Å². The Bertz CT molecular complexity index is 540. The van der Waals surface area contributed by atoms with Crippen LogP contribution in [0.4, 0.5) is 0 Å². The van der Waals surface area contributed by atoms with Crippen LogP contribution in [-0.4, -0.2) is 4.98 Å². The second-order valence-corrected chi connectivity index (χ2v) is 4.96. The van der Waals surface area contributed by atoms with Gasteiger partial charge in [0.25, 0.3) is 0 Å². The number of halogens is 2. The molecule has 1 N–H and O–H groups in total. The molecule has 0 bridgehead atoms. The van der Waals surface area contributed by atoms with Crippen molar-refractivity contribution < 1.29 is 4.42 Å². The van der Waals surface area contributed by atoms with E-state index in [0.29, 0.717) is 22.5 Å². The predicted octanol–water partition coefficient (Wildman–Crippen LogP) is 4.14. The van der Waals surface area contributed by atoms with Gasteiger partial charge >= 0.3 is 0 Å². The Balaban J connectivity index is 1.99. The second-order valence-electron chi connectivity index (χ2n) is 4.14. The highest BCUT2D eigenvalue weighted by Crippen LogP contribution is 2.25. The molecule has 0 saturated carbocycles. The SMILES string of the molecule is Cc1cnc(CNC(C)c2ccc(Cl)c(Cl)c2)o1. The van der Waals surface area contributed by atoms with Crippen LogP contribution < -0.4 is 5.32 Å². The molecule has 3 nitrogen and oxygen atoms in total. The molecule has 0 saturated heterocycles. The number of aromatic nitrogens is 1. The van der Waals surface area contributed by atoms with Crippen molar-refractivity contribution in [3.8, 4) is 0 Å². The van der Waals surface area contributed by atoms with Gasteiger partial charge in [0, 0.05) is 6.04 Å². The zero-order chi connectivity index (χ0) is 13.1. The number of hydrogen-bond acceptors (Lipinski definition) is 3. The highest BCUT2D eigenvalue weighted by atomic mass is 35.5. The first-order valence-electron chi connectivity index (χ1n) is 5.66. The summed E-state index contributed by atoms with van der Waals surface area (Å²) in [6.07, 6.45) is 1.71. The van der Waals surface area contributed by atoms with E-state index in [1.165, 1.54) is 0 Å². The van der Waals surface area contributed by atoms with Gasteiger partial charge in [-0.3, -0.25) is 0 Å². The van der Waals surface area contributed by atoms with Gasteiger partial charge in [-0.2, -0.15) is 0 Å². The van der Waals surface area contributed by atoms with E-state index in [-0.39, 0.29) is 6.04 Å². The average molecular weight is 285 g/mol. The molecule has 0 aliphatic heterocycles. The zero-order valence-corrected chi connectivity index (χ0v) is 11.7. The number of nitrogens with one attached hydrogen (secondary N) is 1. The van der Waals surface area contributed by atoms with Gasteiger partial charge in [0.1, 0.15) is 5.76 Å². The molecular weight excluding hydrogens is 271 g/mol. The van der Waals surface area contributed by atoms with Gasteiger partial charge in [0.15, 0.2) is 0 Å². The molecule has 18 heavy (non-hydrogen) atoms. The third kappa shape index (κ3) is 3.25. The van der Waals surface area contributed by atoms with E-state index in [2.05, 4.69) is 17.2 Å². The van der Waals surface area contributed by atoms with E-state index >= 15 is 0 Å². The van der Waals surface area contributed by atoms with Crippen LogP contribution in [0.2, 0.25) is 10.0 Å². The Morgan fingerprint density at radius 1 is 1.33 bits per heavy atom. The Hall–Kier alpha value is -1.03. The van der Waals surface area contributed by atoms with Crippen LogP contribution in [0, 0.1) is 6.92 Å². The van der Waals surface area contributed by atoms with Crippen molar-refractivity contribution >= 4 is 23.2 Å². The molecule has 0 aliphatic carbocycles. The number of nitrogens with zero attached hydrogens (tertiary/aromatic N) is 1. The van der Waals surface area contributed by atoms with Crippen LogP contribution in [0.1, 0.15) is 30.2 Å². The fourth-order valence-corrected chi connectivity index (χ4v) is 1.93. The molecule has 0 aliphatic rings. The highest BCUT2D eigenvalue weighted by molar-refractivity contribution is 6.42. The molecule has 1 atom stereocenters. The summed E-state index contributed by atoms with van der Waals surface area (Å²) in [4.78, 5) is 4.14. The normalized spacial score (nSPS) is 12.7. The summed E-state index contributed by atoms with van der Waals surface area (Å²) in [5.41, 5.74) is 1.08. The van der Waals surface area contributed by atoms with Crippen molar-refractivity contribution in [1.29, 1.82) is 0 Å². The number of aryl methyl sites for hydroxylation is 1. The van der Waals surface area contributed by atoms with Crippen molar-refractivity contribution in [2.45, 2.75) is 26.4 Å². The first-order chi connectivity index (χ1) is 8.56. The molecule has 5 heteroatoms. The monoisotopic (exact) mass is 284 g/mol. The molecule has 2 rings (SSSR count). The van der Waals surface area contributed by atoms with Gasteiger partial charge in [0.2, 0.25) is 5.89 Å². The largest absolute Gasteiger partial charge is 0.445 e. The first kappa shape index (κ1) is 13.4. The average Bonchev–Trinajstić information content (AvgIpc) is 2.75. The van der Waals surface area contributed by atoms with Gasteiger partial charge in [-0.05, 0) is 31.5 Å². The lowest BCUT2D eigenvalue weighted by atomic mass is 10.1. The highest BCUT2D eigenvalue weighted by Gasteiger charge is 2.08. The van der Waals surface area contributed by atoms with Gasteiger partial charge in [0.05, 0.1) is 22.8 Å². The molecule has 1 aromatic heterocycles. The van der Waals surface area contributed by atoms with Crippen molar-refractivity contribution in [2.75, 3.05) is 0 Å². The van der Waals surface area contributed by atoms with Crippen LogP contribution in [0.3, 0.4) is 0 Å². The minimum Gasteiger partial charge on any atom is -0.445 e. The molecule has 0 fully saturated rings. The predicted molar refractivity (Wildman–Crippen MR) is 73.0 cm³/mol. The molecule has 1 unspecified atom stereocenters. The summed E-state index contributed by atoms with van der Waals surface area (Å²) in [5, 5.41) is 4.45. The summed E-state index contributed by atoms with van der Waals surface area (Å²) in [6.45, 7) is 4.50. The molecule has 0 radical (unpaired) electrons. The third-order valence-corrected chi connectivity index (χ3v) is 3.41. The molecule has 0 amide bonds. The van der Waals surface area contributed by atoms with Gasteiger partial charge < -0.3 is 9.73 Å². The molecule has 0 spiro atoms. The Kier molecular flexibility index (Phi) is 4.27. The summed E-state index contributed by atoms with van der Waals surface area (Å²) in [7, 11) is 0. The first-order valence-corrected chi connectivity index (χ1v) is 6.41. The van der Waals surface area contributed by atoms with Gasteiger partial charge in [-0.1, -0.05) is 29.3 Å². The zero-order valence-electron chi connectivity index (χ0n) is 10.2. The van der Waals surface area contributed by atoms with Crippen molar-refractivity contribution in [2.24, 2.45) is 0 Å². The Morgan fingerprint density at radius 2 is 2.11 bits per heavy atom. The molecule has 2 aromatic rings. The summed E-state index contributed by atoms with van der Waals surface area (Å²) in [6, 6.07) is 5.76. The number of oxazole rings is 1. The van der Waals surface area contributed by atoms with Crippen LogP contribution in [0.15, 0.2) is 28.8 Å². The third-order valence-electron chi connectivity index (χ3n) is 2.67. The summed E-state index contributed by atoms with van der Waals surface area (Å²) < 4.78 is 5.39. The Labute approximate surface area is 116 Å². The Morgan fingerprint density at radius 3 is 2.72 bits per heavy atom. The van der Waals surface area contributed by atoms with Crippen LogP contribution in [0.5, 0.6) is 0 Å². The fraction of sp³-hybridized carbons (Fsp3) is 0.308. The van der Waals surface area contributed by atoms with E-state index in [9.17, 15) is 0 Å². The minimum atomic E-state index is 0.145. The summed E-state index contributed by atoms with van der Waals surface area (Å²) in [5.74, 6) is 1.49. The number of hydrogen-bond donors (Lipinski definition) is 1. The van der Waals surface area contributed by atoms with Gasteiger partial charge in [-0.15, -0.1) is 0 Å². The van der Waals surface area contributed by atoms with Crippen molar-refractivity contribution in [3.63, 3.8) is 0 Å². The lowest BCUT2D eigenvalue weighted by molar-refractivity contribution is 0.432. The van der Waals surface area contributed by atoms with E-state index < -0.39 is 0 Å². The molecule has 1 heterocycles. The van der Waals surface area contributed by atoms with Crippen LogP contribution >= 0.6 is 23.2 Å². The van der Waals surface area contributed by atoms with Crippen LogP contribution in [0.25, 0.3) is 0 Å². The molecule has 96 valence electrons. The lowest BCUT2D eigenvalue weighted by Crippen LogP contribution is -2.18. The minimum absolute atomic E-state index is 0.145. The summed E-state index contributed by atoms with van der Waals surface area (Å²) >= 11 is 11.9. The maximum absolute atomic E-state index is 5.99. The maximum atomic E-state index is 5.99. The topological polar surface area (TPSA) is 38.1 Å². The van der Waals surface area contributed by atoms with Crippen molar-refractivity contribution in [1.82, 2.24) is 10.3 Å². The quantitative estimate of drug-likeness (QED) is 0.917. The van der Waals surface area contributed by atoms with E-state index in [1.807, 2.05) is 19.1 Å². The van der Waals surface area contributed by atoms with E-state index in [4.69, 9.17) is 27.6 Å². The van der Waals surface area contributed by atoms with E-state index in [1.54, 1.807) is 12.3 Å². The lowest BCUT2D eigenvalue weighted by Gasteiger charge is -2.13. The standard InChI is InChI=1S/C13H14Cl2N2O/c1-8-6-17-13(18-8)7-16-9(2)10-3-4-11(14)12(15)5-10/h3-6,9,16H,7H2,1-2H3. The smallest absolute Gasteiger partial charge is 0.208 e. The van der Waals surface area contributed by atoms with Gasteiger partial charge in [-0.25, -0.2) is 4.98 Å². The number of rotatable bonds is 4. The fourth-order valence-electron chi connectivity index (χ4n) is 1.62. The maximum Gasteiger partial charge on any atom is 0.208 e. The van der Waals surface area contributed by atoms with Crippen LogP contribution in [-0.2, 0) is 6.54 Å². The second kappa shape index (κ2) is 5.74. The van der Waals surface area contributed by atoms with Crippen molar-refractivity contribution in [3.05, 3.63) is 51.7 Å². The molecule has 1 aromatic carbocycles. The number of benzene rings is 1.